The molecule has 23 heavy (non-hydrogen) atoms. The molecule has 0 saturated heterocycles. The van der Waals surface area contributed by atoms with E-state index in [0.717, 1.165) is 0 Å². The molecule has 0 aliphatic heterocycles. The normalized spacial score (nSPS) is 12.8. The van der Waals surface area contributed by atoms with Crippen LogP contribution in [0.3, 0.4) is 0 Å². The average Bonchev–Trinajstić information content (AvgIpc) is 2.48. The third-order valence-corrected chi connectivity index (χ3v) is 3.98. The first-order valence-corrected chi connectivity index (χ1v) is 7.25. The van der Waals surface area contributed by atoms with Gasteiger partial charge in [-0.25, -0.2) is 0 Å². The van der Waals surface area contributed by atoms with Crippen LogP contribution in [0.4, 0.5) is 18.9 Å². The molecule has 0 saturated carbocycles. The number of carbonyl (C=O) groups excluding carboxylic acids is 1. The van der Waals surface area contributed by atoms with E-state index in [4.69, 9.17) is 11.6 Å². The van der Waals surface area contributed by atoms with Crippen molar-refractivity contribution in [2.24, 2.45) is 0 Å². The molecule has 2 aromatic carbocycles. The summed E-state index contributed by atoms with van der Waals surface area (Å²) in [5.41, 5.74) is 1.91. The van der Waals surface area contributed by atoms with Crippen LogP contribution in [-0.2, 0) is 0 Å². The second-order valence-corrected chi connectivity index (χ2v) is 5.72. The maximum Gasteiger partial charge on any atom is 0.412 e. The molecular weight excluding hydrogens is 327 g/mol. The first-order chi connectivity index (χ1) is 10.7. The van der Waals surface area contributed by atoms with Crippen molar-refractivity contribution in [3.05, 3.63) is 63.7 Å². The van der Waals surface area contributed by atoms with Crippen LogP contribution in [0.2, 0.25) is 5.02 Å². The van der Waals surface area contributed by atoms with Gasteiger partial charge in [-0.2, -0.15) is 13.2 Å². The van der Waals surface area contributed by atoms with Gasteiger partial charge in [0.1, 0.15) is 12.3 Å². The Morgan fingerprint density at radius 3 is 2.35 bits per heavy atom. The van der Waals surface area contributed by atoms with Crippen LogP contribution < -0.4 is 5.32 Å². The van der Waals surface area contributed by atoms with Gasteiger partial charge in [0.15, 0.2) is 0 Å². The Kier molecular flexibility index (Phi) is 5.00. The van der Waals surface area contributed by atoms with Gasteiger partial charge in [-0.1, -0.05) is 29.8 Å². The molecule has 0 aliphatic rings. The van der Waals surface area contributed by atoms with Gasteiger partial charge in [0.25, 0.3) is 0 Å². The average molecular weight is 342 g/mol. The van der Waals surface area contributed by atoms with E-state index >= 15 is 0 Å². The fourth-order valence-electron chi connectivity index (χ4n) is 2.23. The van der Waals surface area contributed by atoms with Gasteiger partial charge in [0.2, 0.25) is 0 Å². The first-order valence-electron chi connectivity index (χ1n) is 6.87. The van der Waals surface area contributed by atoms with E-state index in [9.17, 15) is 18.0 Å². The molecule has 0 bridgehead atoms. The van der Waals surface area contributed by atoms with Gasteiger partial charge in [-0.05, 0) is 48.7 Å². The molecule has 2 rings (SSSR count). The predicted molar refractivity (Wildman–Crippen MR) is 85.2 cm³/mol. The van der Waals surface area contributed by atoms with Gasteiger partial charge in [0, 0.05) is 16.3 Å². The van der Waals surface area contributed by atoms with Crippen LogP contribution in [0, 0.1) is 13.8 Å². The summed E-state index contributed by atoms with van der Waals surface area (Å²) in [6.07, 6.45) is -3.87. The molecule has 0 amide bonds. The summed E-state index contributed by atoms with van der Waals surface area (Å²) < 4.78 is 40.3. The summed E-state index contributed by atoms with van der Waals surface area (Å²) >= 11 is 5.88. The zero-order valence-electron chi connectivity index (χ0n) is 12.5. The summed E-state index contributed by atoms with van der Waals surface area (Å²) in [5.74, 6) is 0. The number of aryl methyl sites for hydroxylation is 2. The summed E-state index contributed by atoms with van der Waals surface area (Å²) in [4.78, 5) is 10.9. The summed E-state index contributed by atoms with van der Waals surface area (Å²) in [5, 5.41) is 2.87. The number of carbonyl (C=O) groups is 1. The number of benzene rings is 2. The second-order valence-electron chi connectivity index (χ2n) is 5.32. The molecule has 0 aromatic heterocycles. The third kappa shape index (κ3) is 4.05. The molecule has 0 heterocycles. The minimum Gasteiger partial charge on any atom is -0.370 e. The number of hydrogen-bond acceptors (Lipinski definition) is 2. The molecule has 0 unspecified atom stereocenters. The highest BCUT2D eigenvalue weighted by Gasteiger charge is 2.41. The molecule has 1 N–H and O–H groups in total. The predicted octanol–water partition coefficient (Wildman–Crippen LogP) is 5.48. The number of hydrogen-bond donors (Lipinski definition) is 1. The molecule has 0 radical (unpaired) electrons. The Hall–Kier alpha value is -2.01. The zero-order chi connectivity index (χ0) is 17.2. The number of anilines is 1. The largest absolute Gasteiger partial charge is 0.412 e. The molecule has 2 aromatic rings. The van der Waals surface area contributed by atoms with Crippen molar-refractivity contribution in [1.29, 1.82) is 0 Å². The van der Waals surface area contributed by atoms with Gasteiger partial charge in [0.05, 0.1) is 0 Å². The number of rotatable bonds is 4. The molecule has 0 fully saturated rings. The highest BCUT2D eigenvalue weighted by molar-refractivity contribution is 6.31. The van der Waals surface area contributed by atoms with Crippen LogP contribution in [0.5, 0.6) is 0 Å². The van der Waals surface area contributed by atoms with Crippen molar-refractivity contribution in [3.8, 4) is 0 Å². The lowest BCUT2D eigenvalue weighted by molar-refractivity contribution is -0.144. The topological polar surface area (TPSA) is 29.1 Å². The molecule has 2 nitrogen and oxygen atoms in total. The SMILES string of the molecule is Cc1cc([C@H](Nc2ccc(C)c(C=O)c2)C(F)(F)F)ccc1Cl. The quantitative estimate of drug-likeness (QED) is 0.745. The lowest BCUT2D eigenvalue weighted by Crippen LogP contribution is -2.28. The van der Waals surface area contributed by atoms with Gasteiger partial charge in [-0.15, -0.1) is 0 Å². The Bertz CT molecular complexity index is 728. The molecule has 0 spiro atoms. The van der Waals surface area contributed by atoms with E-state index in [1.165, 1.54) is 30.3 Å². The lowest BCUT2D eigenvalue weighted by atomic mass is 10.0. The lowest BCUT2D eigenvalue weighted by Gasteiger charge is -2.24. The number of halogens is 4. The highest BCUT2D eigenvalue weighted by Crippen LogP contribution is 2.37. The van der Waals surface area contributed by atoms with Crippen molar-refractivity contribution < 1.29 is 18.0 Å². The van der Waals surface area contributed by atoms with E-state index in [0.29, 0.717) is 28.0 Å². The fourth-order valence-corrected chi connectivity index (χ4v) is 2.34. The maximum absolute atomic E-state index is 13.4. The fraction of sp³-hybridized carbons (Fsp3) is 0.235. The molecule has 122 valence electrons. The van der Waals surface area contributed by atoms with Crippen LogP contribution in [0.25, 0.3) is 0 Å². The van der Waals surface area contributed by atoms with E-state index < -0.39 is 12.2 Å². The van der Waals surface area contributed by atoms with E-state index in [-0.39, 0.29) is 11.3 Å². The van der Waals surface area contributed by atoms with Crippen molar-refractivity contribution in [2.75, 3.05) is 5.32 Å². The van der Waals surface area contributed by atoms with E-state index in [1.807, 2.05) is 0 Å². The Morgan fingerprint density at radius 1 is 1.09 bits per heavy atom. The molecule has 6 heteroatoms. The Balaban J connectivity index is 2.40. The summed E-state index contributed by atoms with van der Waals surface area (Å²) in [6.45, 7) is 3.37. The standard InChI is InChI=1S/C17H15ClF3NO/c1-10-3-5-14(8-13(10)9-23)22-16(17(19,20)21)12-4-6-15(18)11(2)7-12/h3-9,16,22H,1-2H3/t16-/m0/s1. The minimum atomic E-state index is -4.49. The summed E-state index contributed by atoms with van der Waals surface area (Å²) in [7, 11) is 0. The number of nitrogens with one attached hydrogen (secondary N) is 1. The first kappa shape index (κ1) is 17.3. The summed E-state index contributed by atoms with van der Waals surface area (Å²) in [6, 6.07) is 6.83. The second kappa shape index (κ2) is 6.62. The minimum absolute atomic E-state index is 0.0626. The van der Waals surface area contributed by atoms with Gasteiger partial charge in [-0.3, -0.25) is 4.79 Å². The van der Waals surface area contributed by atoms with Crippen molar-refractivity contribution >= 4 is 23.6 Å². The van der Waals surface area contributed by atoms with Crippen molar-refractivity contribution in [2.45, 2.75) is 26.1 Å². The van der Waals surface area contributed by atoms with Crippen molar-refractivity contribution in [1.82, 2.24) is 0 Å². The van der Waals surface area contributed by atoms with Gasteiger partial charge >= 0.3 is 6.18 Å². The Morgan fingerprint density at radius 2 is 1.78 bits per heavy atom. The number of alkyl halides is 3. The van der Waals surface area contributed by atoms with Gasteiger partial charge < -0.3 is 5.32 Å². The Labute approximate surface area is 137 Å². The monoisotopic (exact) mass is 341 g/mol. The van der Waals surface area contributed by atoms with E-state index in [2.05, 4.69) is 5.32 Å². The third-order valence-electron chi connectivity index (χ3n) is 3.56. The van der Waals surface area contributed by atoms with Crippen molar-refractivity contribution in [3.63, 3.8) is 0 Å². The molecule has 0 aliphatic carbocycles. The van der Waals surface area contributed by atoms with E-state index in [1.54, 1.807) is 19.9 Å². The zero-order valence-corrected chi connectivity index (χ0v) is 13.3. The molecular formula is C17H15ClF3NO. The smallest absolute Gasteiger partial charge is 0.370 e. The van der Waals surface area contributed by atoms with Crippen LogP contribution in [-0.4, -0.2) is 12.5 Å². The molecule has 1 atom stereocenters. The van der Waals surface area contributed by atoms with Crippen LogP contribution in [0.15, 0.2) is 36.4 Å². The maximum atomic E-state index is 13.4. The van der Waals surface area contributed by atoms with Crippen LogP contribution >= 0.6 is 11.6 Å². The highest BCUT2D eigenvalue weighted by atomic mass is 35.5. The number of aldehydes is 1. The van der Waals surface area contributed by atoms with Crippen LogP contribution in [0.1, 0.15) is 33.1 Å².